The van der Waals surface area contributed by atoms with Crippen LogP contribution in [-0.4, -0.2) is 62.3 Å². The predicted octanol–water partition coefficient (Wildman–Crippen LogP) is 2.51. The number of hydrogen-bond acceptors (Lipinski definition) is 5. The molecule has 0 bridgehead atoms. The summed E-state index contributed by atoms with van der Waals surface area (Å²) >= 11 is 0. The fourth-order valence-corrected chi connectivity index (χ4v) is 3.39. The van der Waals surface area contributed by atoms with Gasteiger partial charge in [-0.1, -0.05) is 13.0 Å². The van der Waals surface area contributed by atoms with Crippen LogP contribution in [0.5, 0.6) is 11.5 Å². The highest BCUT2D eigenvalue weighted by Crippen LogP contribution is 2.32. The number of ether oxygens (including phenoxy) is 2. The summed E-state index contributed by atoms with van der Waals surface area (Å²) in [5.74, 6) is 1.63. The normalized spacial score (nSPS) is 17.7. The maximum Gasteiger partial charge on any atom is 0.161 e. The minimum Gasteiger partial charge on any atom is -0.490 e. The fraction of sp³-hybridized carbons (Fsp3) is 0.684. The van der Waals surface area contributed by atoms with Gasteiger partial charge >= 0.3 is 0 Å². The lowest BCUT2D eigenvalue weighted by Crippen LogP contribution is -2.49. The molecule has 24 heavy (non-hydrogen) atoms. The third kappa shape index (κ3) is 4.85. The van der Waals surface area contributed by atoms with Crippen molar-refractivity contribution in [1.29, 1.82) is 0 Å². The van der Waals surface area contributed by atoms with Crippen LogP contribution >= 0.6 is 0 Å². The Morgan fingerprint density at radius 2 is 1.67 bits per heavy atom. The number of hydrogen-bond donors (Lipinski definition) is 1. The average Bonchev–Trinajstić information content (AvgIpc) is 2.60. The van der Waals surface area contributed by atoms with Crippen molar-refractivity contribution in [3.8, 4) is 11.5 Å². The first kappa shape index (κ1) is 19.0. The molecule has 1 saturated heterocycles. The van der Waals surface area contributed by atoms with Gasteiger partial charge in [0, 0.05) is 38.8 Å². The van der Waals surface area contributed by atoms with Gasteiger partial charge in [-0.15, -0.1) is 0 Å². The highest BCUT2D eigenvalue weighted by molar-refractivity contribution is 5.44. The van der Waals surface area contributed by atoms with E-state index in [0.717, 1.165) is 37.7 Å². The van der Waals surface area contributed by atoms with E-state index in [2.05, 4.69) is 28.9 Å². The van der Waals surface area contributed by atoms with E-state index >= 15 is 0 Å². The van der Waals surface area contributed by atoms with Crippen LogP contribution in [-0.2, 0) is 0 Å². The second-order valence-corrected chi connectivity index (χ2v) is 6.20. The first-order chi connectivity index (χ1) is 11.7. The molecule has 1 aliphatic heterocycles. The summed E-state index contributed by atoms with van der Waals surface area (Å²) in [7, 11) is 0. The maximum atomic E-state index is 6.12. The smallest absolute Gasteiger partial charge is 0.161 e. The molecule has 5 heteroatoms. The first-order valence-electron chi connectivity index (χ1n) is 9.29. The Morgan fingerprint density at radius 3 is 2.25 bits per heavy atom. The summed E-state index contributed by atoms with van der Waals surface area (Å²) in [6.45, 7) is 13.7. The monoisotopic (exact) mass is 335 g/mol. The number of benzene rings is 1. The van der Waals surface area contributed by atoms with Crippen molar-refractivity contribution in [2.75, 3.05) is 52.5 Å². The van der Waals surface area contributed by atoms with E-state index in [4.69, 9.17) is 15.2 Å². The van der Waals surface area contributed by atoms with E-state index in [0.29, 0.717) is 19.8 Å². The van der Waals surface area contributed by atoms with Crippen LogP contribution in [0.4, 0.5) is 0 Å². The highest BCUT2D eigenvalue weighted by atomic mass is 16.5. The molecular formula is C19H33N3O2. The molecule has 1 heterocycles. The molecule has 1 unspecified atom stereocenters. The van der Waals surface area contributed by atoms with E-state index in [1.54, 1.807) is 0 Å². The van der Waals surface area contributed by atoms with Gasteiger partial charge in [-0.05, 0) is 44.5 Å². The van der Waals surface area contributed by atoms with Crippen LogP contribution in [0, 0.1) is 0 Å². The molecule has 5 nitrogen and oxygen atoms in total. The molecule has 0 spiro atoms. The summed E-state index contributed by atoms with van der Waals surface area (Å²) < 4.78 is 11.4. The Labute approximate surface area is 146 Å². The van der Waals surface area contributed by atoms with Crippen molar-refractivity contribution in [3.05, 3.63) is 23.8 Å². The molecule has 0 aromatic heterocycles. The lowest BCUT2D eigenvalue weighted by molar-refractivity contribution is 0.0984. The molecule has 1 aliphatic rings. The molecule has 0 radical (unpaired) electrons. The van der Waals surface area contributed by atoms with Gasteiger partial charge in [-0.3, -0.25) is 4.90 Å². The van der Waals surface area contributed by atoms with Crippen LogP contribution in [0.15, 0.2) is 18.2 Å². The quantitative estimate of drug-likeness (QED) is 0.751. The number of piperazine rings is 1. The van der Waals surface area contributed by atoms with Crippen molar-refractivity contribution >= 4 is 0 Å². The third-order valence-electron chi connectivity index (χ3n) is 4.56. The van der Waals surface area contributed by atoms with Crippen molar-refractivity contribution in [2.24, 2.45) is 5.73 Å². The number of nitrogens with zero attached hydrogens (tertiary/aromatic N) is 2. The summed E-state index contributed by atoms with van der Waals surface area (Å²) in [5.41, 5.74) is 7.34. The van der Waals surface area contributed by atoms with Gasteiger partial charge in [-0.25, -0.2) is 0 Å². The molecular weight excluding hydrogens is 302 g/mol. The van der Waals surface area contributed by atoms with Gasteiger partial charge in [0.15, 0.2) is 11.5 Å². The topological polar surface area (TPSA) is 51.0 Å². The maximum absolute atomic E-state index is 6.12. The molecule has 2 N–H and O–H groups in total. The van der Waals surface area contributed by atoms with E-state index in [1.807, 2.05) is 19.9 Å². The molecule has 1 aromatic carbocycles. The van der Waals surface area contributed by atoms with Crippen molar-refractivity contribution in [2.45, 2.75) is 33.2 Å². The molecule has 1 atom stereocenters. The van der Waals surface area contributed by atoms with Gasteiger partial charge < -0.3 is 20.1 Å². The summed E-state index contributed by atoms with van der Waals surface area (Å²) in [6, 6.07) is 6.48. The predicted molar refractivity (Wildman–Crippen MR) is 98.9 cm³/mol. The fourth-order valence-electron chi connectivity index (χ4n) is 3.39. The summed E-state index contributed by atoms with van der Waals surface area (Å²) in [6.07, 6.45) is 1.22. The zero-order chi connectivity index (χ0) is 17.4. The number of rotatable bonds is 9. The second kappa shape index (κ2) is 9.87. The Hall–Kier alpha value is -1.30. The Balaban J connectivity index is 2.11. The zero-order valence-electron chi connectivity index (χ0n) is 15.5. The van der Waals surface area contributed by atoms with Gasteiger partial charge in [-0.2, -0.15) is 0 Å². The van der Waals surface area contributed by atoms with Crippen LogP contribution in [0.3, 0.4) is 0 Å². The van der Waals surface area contributed by atoms with Crippen LogP contribution in [0.1, 0.15) is 38.8 Å². The van der Waals surface area contributed by atoms with Gasteiger partial charge in [0.1, 0.15) is 0 Å². The van der Waals surface area contributed by atoms with Crippen molar-refractivity contribution in [1.82, 2.24) is 9.80 Å². The molecule has 2 rings (SSSR count). The lowest BCUT2D eigenvalue weighted by atomic mass is 10.0. The minimum absolute atomic E-state index is 0.239. The SMILES string of the molecule is CCCN1CCN(C(CN)c2ccc(OCC)c(OCC)c2)CC1. The van der Waals surface area contributed by atoms with E-state index in [-0.39, 0.29) is 6.04 Å². The second-order valence-electron chi connectivity index (χ2n) is 6.20. The number of nitrogens with two attached hydrogens (primary N) is 1. The molecule has 1 fully saturated rings. The average molecular weight is 335 g/mol. The molecule has 0 aliphatic carbocycles. The van der Waals surface area contributed by atoms with Crippen LogP contribution < -0.4 is 15.2 Å². The van der Waals surface area contributed by atoms with Crippen LogP contribution in [0.25, 0.3) is 0 Å². The third-order valence-corrected chi connectivity index (χ3v) is 4.56. The Kier molecular flexibility index (Phi) is 7.82. The molecule has 0 saturated carbocycles. The largest absolute Gasteiger partial charge is 0.490 e. The Bertz CT molecular complexity index is 488. The molecule has 0 amide bonds. The summed E-state index contributed by atoms with van der Waals surface area (Å²) in [5, 5.41) is 0. The molecule has 1 aromatic rings. The van der Waals surface area contributed by atoms with E-state index in [9.17, 15) is 0 Å². The van der Waals surface area contributed by atoms with E-state index < -0.39 is 0 Å². The van der Waals surface area contributed by atoms with Crippen LogP contribution in [0.2, 0.25) is 0 Å². The van der Waals surface area contributed by atoms with Crippen molar-refractivity contribution < 1.29 is 9.47 Å². The van der Waals surface area contributed by atoms with Gasteiger partial charge in [0.25, 0.3) is 0 Å². The van der Waals surface area contributed by atoms with E-state index in [1.165, 1.54) is 18.5 Å². The standard InChI is InChI=1S/C19H33N3O2/c1-4-9-21-10-12-22(13-11-21)17(15-20)16-7-8-18(23-5-2)19(14-16)24-6-3/h7-8,14,17H,4-6,9-13,15,20H2,1-3H3. The Morgan fingerprint density at radius 1 is 1.00 bits per heavy atom. The van der Waals surface area contributed by atoms with Crippen molar-refractivity contribution in [3.63, 3.8) is 0 Å². The zero-order valence-corrected chi connectivity index (χ0v) is 15.5. The summed E-state index contributed by atoms with van der Waals surface area (Å²) in [4.78, 5) is 5.03. The first-order valence-corrected chi connectivity index (χ1v) is 9.29. The highest BCUT2D eigenvalue weighted by Gasteiger charge is 2.24. The molecule has 136 valence electrons. The minimum atomic E-state index is 0.239. The lowest BCUT2D eigenvalue weighted by Gasteiger charge is -2.39. The van der Waals surface area contributed by atoms with Gasteiger partial charge in [0.05, 0.1) is 13.2 Å². The van der Waals surface area contributed by atoms with Gasteiger partial charge in [0.2, 0.25) is 0 Å².